The molecule has 0 unspecified atom stereocenters. The second kappa shape index (κ2) is 7.77. The van der Waals surface area contributed by atoms with Crippen molar-refractivity contribution in [3.63, 3.8) is 0 Å². The summed E-state index contributed by atoms with van der Waals surface area (Å²) in [6, 6.07) is 5.35. The number of amides is 3. The van der Waals surface area contributed by atoms with E-state index in [1.807, 2.05) is 6.07 Å². The SMILES string of the molecule is CN(C(=O)CC1CCCC1)c1ccc2c(c1)nc(C(N)=O)n2CCC(N)=O. The van der Waals surface area contributed by atoms with E-state index in [2.05, 4.69) is 4.98 Å². The first-order chi connectivity index (χ1) is 12.9. The molecule has 1 aliphatic carbocycles. The average molecular weight is 371 g/mol. The number of primary amides is 2. The summed E-state index contributed by atoms with van der Waals surface area (Å²) in [4.78, 5) is 41.3. The van der Waals surface area contributed by atoms with Gasteiger partial charge in [0.25, 0.3) is 5.91 Å². The van der Waals surface area contributed by atoms with E-state index in [1.54, 1.807) is 28.6 Å². The number of benzene rings is 1. The molecular weight excluding hydrogens is 346 g/mol. The predicted molar refractivity (Wildman–Crippen MR) is 102 cm³/mol. The molecule has 144 valence electrons. The zero-order valence-electron chi connectivity index (χ0n) is 15.5. The molecule has 0 bridgehead atoms. The van der Waals surface area contributed by atoms with E-state index in [9.17, 15) is 14.4 Å². The summed E-state index contributed by atoms with van der Waals surface area (Å²) < 4.78 is 1.59. The molecule has 1 saturated carbocycles. The van der Waals surface area contributed by atoms with Crippen molar-refractivity contribution in [1.29, 1.82) is 0 Å². The van der Waals surface area contributed by atoms with Crippen LogP contribution >= 0.6 is 0 Å². The van der Waals surface area contributed by atoms with Crippen LogP contribution < -0.4 is 16.4 Å². The fraction of sp³-hybridized carbons (Fsp3) is 0.474. The number of nitrogens with two attached hydrogens (primary N) is 2. The van der Waals surface area contributed by atoms with Crippen LogP contribution in [0.4, 0.5) is 5.69 Å². The highest BCUT2D eigenvalue weighted by molar-refractivity contribution is 5.97. The number of anilines is 1. The first-order valence-corrected chi connectivity index (χ1v) is 9.21. The van der Waals surface area contributed by atoms with Gasteiger partial charge in [-0.25, -0.2) is 4.98 Å². The molecule has 27 heavy (non-hydrogen) atoms. The van der Waals surface area contributed by atoms with E-state index in [-0.39, 0.29) is 24.7 Å². The quantitative estimate of drug-likeness (QED) is 0.766. The first kappa shape index (κ1) is 18.9. The van der Waals surface area contributed by atoms with Crippen LogP contribution in [0.15, 0.2) is 18.2 Å². The fourth-order valence-electron chi connectivity index (χ4n) is 3.71. The molecule has 8 nitrogen and oxygen atoms in total. The van der Waals surface area contributed by atoms with Crippen LogP contribution in [0.2, 0.25) is 0 Å². The van der Waals surface area contributed by atoms with Crippen molar-refractivity contribution >= 4 is 34.4 Å². The number of hydrogen-bond donors (Lipinski definition) is 2. The Kier molecular flexibility index (Phi) is 5.43. The summed E-state index contributed by atoms with van der Waals surface area (Å²) in [6.07, 6.45) is 5.26. The van der Waals surface area contributed by atoms with E-state index in [4.69, 9.17) is 11.5 Å². The van der Waals surface area contributed by atoms with Gasteiger partial charge in [-0.05, 0) is 37.0 Å². The van der Waals surface area contributed by atoms with Gasteiger partial charge in [-0.15, -0.1) is 0 Å². The van der Waals surface area contributed by atoms with Crippen LogP contribution in [0.25, 0.3) is 11.0 Å². The summed E-state index contributed by atoms with van der Waals surface area (Å²) in [5, 5.41) is 0. The number of carbonyl (C=O) groups is 3. The van der Waals surface area contributed by atoms with E-state index < -0.39 is 11.8 Å². The van der Waals surface area contributed by atoms with E-state index in [0.29, 0.717) is 29.1 Å². The van der Waals surface area contributed by atoms with Gasteiger partial charge in [0.1, 0.15) is 0 Å². The van der Waals surface area contributed by atoms with Crippen molar-refractivity contribution in [2.75, 3.05) is 11.9 Å². The summed E-state index contributed by atoms with van der Waals surface area (Å²) in [5.74, 6) is -0.532. The molecule has 3 amide bonds. The van der Waals surface area contributed by atoms with Crippen LogP contribution in [-0.2, 0) is 16.1 Å². The lowest BCUT2D eigenvalue weighted by atomic mass is 10.0. The van der Waals surface area contributed by atoms with Crippen molar-refractivity contribution in [2.45, 2.75) is 45.1 Å². The highest BCUT2D eigenvalue weighted by atomic mass is 16.2. The number of nitrogens with zero attached hydrogens (tertiary/aromatic N) is 3. The Morgan fingerprint density at radius 3 is 2.56 bits per heavy atom. The van der Waals surface area contributed by atoms with Gasteiger partial charge in [0.2, 0.25) is 11.8 Å². The molecule has 1 aromatic heterocycles. The maximum atomic E-state index is 12.6. The van der Waals surface area contributed by atoms with Crippen molar-refractivity contribution in [1.82, 2.24) is 9.55 Å². The fourth-order valence-corrected chi connectivity index (χ4v) is 3.71. The average Bonchev–Trinajstić information content (AvgIpc) is 3.25. The molecule has 1 heterocycles. The van der Waals surface area contributed by atoms with Crippen molar-refractivity contribution in [2.24, 2.45) is 17.4 Å². The number of fused-ring (bicyclic) bond motifs is 1. The van der Waals surface area contributed by atoms with Gasteiger partial charge in [-0.2, -0.15) is 0 Å². The molecular formula is C19H25N5O3. The highest BCUT2D eigenvalue weighted by Gasteiger charge is 2.22. The smallest absolute Gasteiger partial charge is 0.284 e. The van der Waals surface area contributed by atoms with Crippen LogP contribution in [0.3, 0.4) is 0 Å². The number of imidazole rings is 1. The summed E-state index contributed by atoms with van der Waals surface area (Å²) >= 11 is 0. The Morgan fingerprint density at radius 2 is 1.93 bits per heavy atom. The number of aromatic nitrogens is 2. The van der Waals surface area contributed by atoms with Gasteiger partial charge in [0, 0.05) is 32.1 Å². The predicted octanol–water partition coefficient (Wildman–Crippen LogP) is 1.55. The summed E-state index contributed by atoms with van der Waals surface area (Å²) in [6.45, 7) is 0.222. The normalized spacial score (nSPS) is 14.6. The lowest BCUT2D eigenvalue weighted by Crippen LogP contribution is -2.27. The molecule has 0 saturated heterocycles. The largest absolute Gasteiger partial charge is 0.370 e. The minimum absolute atomic E-state index is 0.0725. The zero-order valence-corrected chi connectivity index (χ0v) is 15.5. The third-order valence-corrected chi connectivity index (χ3v) is 5.23. The highest BCUT2D eigenvalue weighted by Crippen LogP contribution is 2.29. The van der Waals surface area contributed by atoms with Crippen LogP contribution in [0.1, 0.15) is 49.1 Å². The standard InChI is InChI=1S/C19H25N5O3/c1-23(17(26)10-12-4-2-3-5-12)13-6-7-15-14(11-13)22-19(18(21)27)24(15)9-8-16(20)25/h6-7,11-12H,2-5,8-10H2,1H3,(H2,20,25)(H2,21,27). The molecule has 0 radical (unpaired) electrons. The topological polar surface area (TPSA) is 124 Å². The second-order valence-electron chi connectivity index (χ2n) is 7.15. The molecule has 2 aromatic rings. The summed E-state index contributed by atoms with van der Waals surface area (Å²) in [5.41, 5.74) is 12.6. The van der Waals surface area contributed by atoms with Crippen LogP contribution in [0, 0.1) is 5.92 Å². The molecule has 0 aliphatic heterocycles. The molecule has 0 atom stereocenters. The Balaban J connectivity index is 1.86. The lowest BCUT2D eigenvalue weighted by Gasteiger charge is -2.19. The van der Waals surface area contributed by atoms with E-state index in [1.165, 1.54) is 12.8 Å². The van der Waals surface area contributed by atoms with E-state index >= 15 is 0 Å². The van der Waals surface area contributed by atoms with Crippen LogP contribution in [0.5, 0.6) is 0 Å². The molecule has 1 fully saturated rings. The maximum Gasteiger partial charge on any atom is 0.284 e. The molecule has 0 spiro atoms. The lowest BCUT2D eigenvalue weighted by molar-refractivity contribution is -0.119. The third kappa shape index (κ3) is 4.10. The molecule has 1 aromatic carbocycles. The van der Waals surface area contributed by atoms with Gasteiger partial charge >= 0.3 is 0 Å². The van der Waals surface area contributed by atoms with Gasteiger partial charge < -0.3 is 20.9 Å². The van der Waals surface area contributed by atoms with Crippen LogP contribution in [-0.4, -0.2) is 34.3 Å². The molecule has 1 aliphatic rings. The molecule has 4 N–H and O–H groups in total. The Bertz CT molecular complexity index is 883. The Hall–Kier alpha value is -2.90. The molecule has 8 heteroatoms. The van der Waals surface area contributed by atoms with E-state index in [0.717, 1.165) is 12.8 Å². The van der Waals surface area contributed by atoms with Gasteiger partial charge in [0.15, 0.2) is 5.82 Å². The molecule has 3 rings (SSSR count). The summed E-state index contributed by atoms with van der Waals surface area (Å²) in [7, 11) is 1.75. The monoisotopic (exact) mass is 371 g/mol. The van der Waals surface area contributed by atoms with Crippen molar-refractivity contribution < 1.29 is 14.4 Å². The van der Waals surface area contributed by atoms with Gasteiger partial charge in [-0.1, -0.05) is 12.8 Å². The zero-order chi connectivity index (χ0) is 19.6. The van der Waals surface area contributed by atoms with Crippen molar-refractivity contribution in [3.05, 3.63) is 24.0 Å². The third-order valence-electron chi connectivity index (χ3n) is 5.23. The first-order valence-electron chi connectivity index (χ1n) is 9.21. The number of aryl methyl sites for hydroxylation is 1. The van der Waals surface area contributed by atoms with Gasteiger partial charge in [-0.3, -0.25) is 14.4 Å². The van der Waals surface area contributed by atoms with Crippen molar-refractivity contribution in [3.8, 4) is 0 Å². The Labute approximate surface area is 157 Å². The number of carbonyl (C=O) groups excluding carboxylic acids is 3. The van der Waals surface area contributed by atoms with Gasteiger partial charge in [0.05, 0.1) is 11.0 Å². The number of rotatable bonds is 7. The second-order valence-corrected chi connectivity index (χ2v) is 7.15. The maximum absolute atomic E-state index is 12.6. The minimum atomic E-state index is -0.678. The Morgan fingerprint density at radius 1 is 1.22 bits per heavy atom. The number of hydrogen-bond acceptors (Lipinski definition) is 4. The minimum Gasteiger partial charge on any atom is -0.370 e.